The molecule has 0 radical (unpaired) electrons. The largest absolute Gasteiger partial charge is 0.386 e. The van der Waals surface area contributed by atoms with E-state index in [2.05, 4.69) is 119 Å². The van der Waals surface area contributed by atoms with Crippen LogP contribution in [-0.4, -0.2) is 55.0 Å². The highest BCUT2D eigenvalue weighted by atomic mass is 15.3. The molecule has 198 valence electrons. The molecule has 1 aliphatic heterocycles. The number of benzene rings is 1. The molecular formula is C32H50N4. The van der Waals surface area contributed by atoms with E-state index in [9.17, 15) is 0 Å². The molecule has 0 spiro atoms. The van der Waals surface area contributed by atoms with Gasteiger partial charge in [0.05, 0.1) is 6.04 Å². The Morgan fingerprint density at radius 3 is 2.42 bits per heavy atom. The summed E-state index contributed by atoms with van der Waals surface area (Å²) in [7, 11) is 6.48. The second kappa shape index (κ2) is 14.0. The van der Waals surface area contributed by atoms with Crippen LogP contribution < -0.4 is 5.32 Å². The van der Waals surface area contributed by atoms with Crippen molar-refractivity contribution in [1.82, 2.24) is 20.0 Å². The molecule has 0 saturated heterocycles. The van der Waals surface area contributed by atoms with Crippen LogP contribution in [0.5, 0.6) is 0 Å². The van der Waals surface area contributed by atoms with Crippen molar-refractivity contribution in [3.8, 4) is 0 Å². The summed E-state index contributed by atoms with van der Waals surface area (Å²) in [5, 5.41) is 3.35. The zero-order chi connectivity index (χ0) is 26.8. The predicted molar refractivity (Wildman–Crippen MR) is 158 cm³/mol. The molecule has 4 nitrogen and oxygen atoms in total. The first-order chi connectivity index (χ1) is 17.1. The van der Waals surface area contributed by atoms with E-state index in [0.717, 1.165) is 54.4 Å². The average molecular weight is 491 g/mol. The average Bonchev–Trinajstić information content (AvgIpc) is 2.84. The van der Waals surface area contributed by atoms with E-state index in [-0.39, 0.29) is 6.04 Å². The number of allylic oxidation sites excluding steroid dienone is 2. The molecular weight excluding hydrogens is 440 g/mol. The van der Waals surface area contributed by atoms with Gasteiger partial charge in [-0.15, -0.1) is 0 Å². The van der Waals surface area contributed by atoms with Gasteiger partial charge in [-0.3, -0.25) is 0 Å². The maximum atomic E-state index is 4.56. The maximum Gasteiger partial charge on any atom is 0.110 e. The van der Waals surface area contributed by atoms with Gasteiger partial charge >= 0.3 is 0 Å². The van der Waals surface area contributed by atoms with Crippen LogP contribution in [0, 0.1) is 6.92 Å². The lowest BCUT2D eigenvalue weighted by Crippen LogP contribution is -2.33. The maximum absolute atomic E-state index is 4.56. The Bertz CT molecular complexity index is 984. The molecule has 1 atom stereocenters. The van der Waals surface area contributed by atoms with Crippen LogP contribution in [0.3, 0.4) is 0 Å². The number of nitrogens with one attached hydrogen (secondary N) is 1. The number of nitrogens with zero attached hydrogens (tertiary/aromatic N) is 3. The Balaban J connectivity index is 2.48. The highest BCUT2D eigenvalue weighted by molar-refractivity contribution is 5.66. The van der Waals surface area contributed by atoms with Gasteiger partial charge in [-0.25, -0.2) is 0 Å². The van der Waals surface area contributed by atoms with E-state index in [0.29, 0.717) is 0 Å². The molecule has 1 unspecified atom stereocenters. The first kappa shape index (κ1) is 29.4. The van der Waals surface area contributed by atoms with Gasteiger partial charge in [-0.1, -0.05) is 57.2 Å². The lowest BCUT2D eigenvalue weighted by Gasteiger charge is -2.34. The predicted octanol–water partition coefficient (Wildman–Crippen LogP) is 7.08. The fraction of sp³-hybridized carbons (Fsp3) is 0.500. The van der Waals surface area contributed by atoms with Crippen molar-refractivity contribution in [2.24, 2.45) is 0 Å². The minimum atomic E-state index is 0.173. The van der Waals surface area contributed by atoms with Crippen LogP contribution in [0.15, 0.2) is 72.9 Å². The topological polar surface area (TPSA) is 21.8 Å². The second-order valence-corrected chi connectivity index (χ2v) is 10.2. The fourth-order valence-corrected chi connectivity index (χ4v) is 5.01. The van der Waals surface area contributed by atoms with Gasteiger partial charge in [-0.2, -0.15) is 0 Å². The Hall–Kier alpha value is -2.88. The van der Waals surface area contributed by atoms with Crippen LogP contribution >= 0.6 is 0 Å². The smallest absolute Gasteiger partial charge is 0.110 e. The number of hydrogen-bond donors (Lipinski definition) is 1. The monoisotopic (exact) mass is 490 g/mol. The SMILES string of the molecule is C=C(/C=C1/N(C)CCCCCCc2ccc(C)cc2C(=C)N(C)C(CC)C(=C)/C=C(/C)N1C)NCC. The number of fused-ring (bicyclic) bond motifs is 1. The first-order valence-electron chi connectivity index (χ1n) is 13.6. The third kappa shape index (κ3) is 7.81. The van der Waals surface area contributed by atoms with Crippen molar-refractivity contribution in [2.75, 3.05) is 34.2 Å². The van der Waals surface area contributed by atoms with Crippen LogP contribution in [0.4, 0.5) is 0 Å². The standard InChI is InChI=1S/C32H50N4/c1-11-31-25(4)22-27(6)35(9)32(23-26(5)33-12-2)34(8)20-16-14-13-15-17-29-19-18-24(3)21-30(29)28(7)36(31)10/h18-19,21-23,31,33H,4-5,7,11-17,20H2,1-3,6,8-10H3/b27-22-,32-23-. The Morgan fingerprint density at radius 2 is 1.75 bits per heavy atom. The third-order valence-electron chi connectivity index (χ3n) is 7.34. The summed E-state index contributed by atoms with van der Waals surface area (Å²) in [5.74, 6) is 1.14. The summed E-state index contributed by atoms with van der Waals surface area (Å²) in [6, 6.07) is 7.01. The Kier molecular flexibility index (Phi) is 11.4. The van der Waals surface area contributed by atoms with E-state index in [1.54, 1.807) is 0 Å². The molecule has 1 aliphatic rings. The third-order valence-corrected chi connectivity index (χ3v) is 7.34. The zero-order valence-corrected chi connectivity index (χ0v) is 24.1. The summed E-state index contributed by atoms with van der Waals surface area (Å²) in [6.07, 6.45) is 11.2. The summed E-state index contributed by atoms with van der Waals surface area (Å²) in [6.45, 7) is 23.8. The van der Waals surface area contributed by atoms with Crippen LogP contribution in [0.2, 0.25) is 0 Å². The van der Waals surface area contributed by atoms with Crippen molar-refractivity contribution < 1.29 is 0 Å². The normalized spacial score (nSPS) is 21.6. The lowest BCUT2D eigenvalue weighted by molar-refractivity contribution is 0.297. The van der Waals surface area contributed by atoms with E-state index in [1.807, 2.05) is 0 Å². The molecule has 1 aromatic carbocycles. The molecule has 4 heteroatoms. The van der Waals surface area contributed by atoms with E-state index in [1.165, 1.54) is 42.4 Å². The lowest BCUT2D eigenvalue weighted by atomic mass is 9.95. The summed E-state index contributed by atoms with van der Waals surface area (Å²) in [5.41, 5.74) is 8.21. The van der Waals surface area contributed by atoms with E-state index < -0.39 is 0 Å². The van der Waals surface area contributed by atoms with Crippen LogP contribution in [0.1, 0.15) is 69.6 Å². The zero-order valence-electron chi connectivity index (χ0n) is 24.1. The quantitative estimate of drug-likeness (QED) is 0.487. The molecule has 0 saturated carbocycles. The van der Waals surface area contributed by atoms with E-state index in [4.69, 9.17) is 0 Å². The Morgan fingerprint density at radius 1 is 1.06 bits per heavy atom. The van der Waals surface area contributed by atoms with Gasteiger partial charge in [0.2, 0.25) is 0 Å². The molecule has 1 N–H and O–H groups in total. The van der Waals surface area contributed by atoms with Crippen molar-refractivity contribution in [1.29, 1.82) is 0 Å². The van der Waals surface area contributed by atoms with Crippen molar-refractivity contribution in [3.05, 3.63) is 89.6 Å². The number of hydrogen-bond acceptors (Lipinski definition) is 4. The number of aryl methyl sites for hydroxylation is 2. The van der Waals surface area contributed by atoms with Gasteiger partial charge in [0.15, 0.2) is 0 Å². The number of likely N-dealkylation sites (N-methyl/N-ethyl adjacent to an activating group) is 2. The molecule has 0 aliphatic carbocycles. The Labute approximate surface area is 221 Å². The van der Waals surface area contributed by atoms with Gasteiger partial charge in [-0.05, 0) is 69.7 Å². The van der Waals surface area contributed by atoms with Gasteiger partial charge < -0.3 is 20.0 Å². The minimum Gasteiger partial charge on any atom is -0.386 e. The van der Waals surface area contributed by atoms with E-state index >= 15 is 0 Å². The molecule has 1 heterocycles. The first-order valence-corrected chi connectivity index (χ1v) is 13.6. The summed E-state index contributed by atoms with van der Waals surface area (Å²) < 4.78 is 0. The molecule has 0 bridgehead atoms. The van der Waals surface area contributed by atoms with Crippen molar-refractivity contribution in [2.45, 2.75) is 72.3 Å². The highest BCUT2D eigenvalue weighted by Gasteiger charge is 2.21. The molecule has 2 rings (SSSR count). The summed E-state index contributed by atoms with van der Waals surface area (Å²) in [4.78, 5) is 6.93. The van der Waals surface area contributed by atoms with Crippen LogP contribution in [0.25, 0.3) is 5.70 Å². The molecule has 0 amide bonds. The van der Waals surface area contributed by atoms with Gasteiger partial charge in [0, 0.05) is 63.0 Å². The van der Waals surface area contributed by atoms with Crippen LogP contribution in [-0.2, 0) is 6.42 Å². The van der Waals surface area contributed by atoms with Gasteiger partial charge in [0.25, 0.3) is 0 Å². The van der Waals surface area contributed by atoms with Gasteiger partial charge in [0.1, 0.15) is 5.82 Å². The minimum absolute atomic E-state index is 0.173. The van der Waals surface area contributed by atoms with Crippen molar-refractivity contribution in [3.63, 3.8) is 0 Å². The number of rotatable bonds is 4. The second-order valence-electron chi connectivity index (χ2n) is 10.2. The van der Waals surface area contributed by atoms with Crippen molar-refractivity contribution >= 4 is 5.70 Å². The molecule has 0 fully saturated rings. The molecule has 1 aromatic rings. The fourth-order valence-electron chi connectivity index (χ4n) is 5.01. The molecule has 36 heavy (non-hydrogen) atoms. The highest BCUT2D eigenvalue weighted by Crippen LogP contribution is 2.29. The molecule has 0 aromatic heterocycles. The summed E-state index contributed by atoms with van der Waals surface area (Å²) >= 11 is 0.